The summed E-state index contributed by atoms with van der Waals surface area (Å²) in [7, 11) is 0. The Balaban J connectivity index is 1.25. The fourth-order valence-electron chi connectivity index (χ4n) is 4.19. The number of aromatic nitrogens is 1. The van der Waals surface area contributed by atoms with Crippen LogP contribution < -0.4 is 14.4 Å². The van der Waals surface area contributed by atoms with E-state index in [0.29, 0.717) is 18.9 Å². The van der Waals surface area contributed by atoms with Gasteiger partial charge in [0.1, 0.15) is 18.5 Å². The van der Waals surface area contributed by atoms with Crippen molar-refractivity contribution in [1.29, 1.82) is 0 Å². The minimum Gasteiger partial charge on any atom is -0.489 e. The Bertz CT molecular complexity index is 1090. The first-order valence-corrected chi connectivity index (χ1v) is 12.3. The van der Waals surface area contributed by atoms with Crippen LogP contribution in [0.25, 0.3) is 0 Å². The van der Waals surface area contributed by atoms with E-state index in [1.165, 1.54) is 0 Å². The molecule has 2 atom stereocenters. The SMILES string of the molecule is CC(C)Oc1cc(N2CC[C@@H](Oc3ccc([C@H](C)CC(=O)OCc4ccccc4)cc3)C2)ccn1. The van der Waals surface area contributed by atoms with Gasteiger partial charge >= 0.3 is 5.97 Å². The van der Waals surface area contributed by atoms with Crippen LogP contribution in [0.2, 0.25) is 0 Å². The number of benzene rings is 2. The Morgan fingerprint density at radius 3 is 2.57 bits per heavy atom. The van der Waals surface area contributed by atoms with Crippen LogP contribution in [0, 0.1) is 0 Å². The monoisotopic (exact) mass is 474 g/mol. The summed E-state index contributed by atoms with van der Waals surface area (Å²) in [6, 6.07) is 21.8. The molecular formula is C29H34N2O4. The number of esters is 1. The number of pyridine rings is 1. The molecule has 6 heteroatoms. The van der Waals surface area contributed by atoms with E-state index in [2.05, 4.69) is 9.88 Å². The number of carbonyl (C=O) groups excluding carboxylic acids is 1. The molecule has 0 spiro atoms. The Morgan fingerprint density at radius 2 is 1.83 bits per heavy atom. The highest BCUT2D eigenvalue weighted by atomic mass is 16.5. The van der Waals surface area contributed by atoms with Crippen molar-refractivity contribution in [1.82, 2.24) is 4.98 Å². The van der Waals surface area contributed by atoms with E-state index in [0.717, 1.165) is 42.1 Å². The maximum absolute atomic E-state index is 12.3. The van der Waals surface area contributed by atoms with Gasteiger partial charge in [0.25, 0.3) is 0 Å². The zero-order chi connectivity index (χ0) is 24.6. The van der Waals surface area contributed by atoms with Crippen molar-refractivity contribution in [2.45, 2.75) is 58.3 Å². The largest absolute Gasteiger partial charge is 0.489 e. The van der Waals surface area contributed by atoms with Crippen molar-refractivity contribution in [2.75, 3.05) is 18.0 Å². The molecule has 0 saturated carbocycles. The Morgan fingerprint density at radius 1 is 1.06 bits per heavy atom. The van der Waals surface area contributed by atoms with Gasteiger partial charge < -0.3 is 19.1 Å². The molecule has 184 valence electrons. The topological polar surface area (TPSA) is 60.9 Å². The van der Waals surface area contributed by atoms with Crippen molar-refractivity contribution in [3.8, 4) is 11.6 Å². The molecule has 4 rings (SSSR count). The number of anilines is 1. The fraction of sp³-hybridized carbons (Fsp3) is 0.379. The number of nitrogens with zero attached hydrogens (tertiary/aromatic N) is 2. The van der Waals surface area contributed by atoms with E-state index in [9.17, 15) is 4.79 Å². The van der Waals surface area contributed by atoms with Crippen LogP contribution in [0.15, 0.2) is 72.9 Å². The standard InChI is InChI=1S/C29H34N2O4/c1-21(2)34-28-18-25(13-15-30-28)31-16-14-27(19-31)35-26-11-9-24(10-12-26)22(3)17-29(32)33-20-23-7-5-4-6-8-23/h4-13,15,18,21-22,27H,14,16-17,19-20H2,1-3H3/t22-,27-/m1/s1. The summed E-state index contributed by atoms with van der Waals surface area (Å²) in [6.07, 6.45) is 3.30. The molecule has 0 bridgehead atoms. The molecule has 1 aliphatic heterocycles. The number of ether oxygens (including phenoxy) is 3. The maximum atomic E-state index is 12.3. The molecule has 1 aromatic heterocycles. The molecular weight excluding hydrogens is 440 g/mol. The van der Waals surface area contributed by atoms with Crippen LogP contribution >= 0.6 is 0 Å². The quantitative estimate of drug-likeness (QED) is 0.348. The first-order chi connectivity index (χ1) is 17.0. The molecule has 3 aromatic rings. The van der Waals surface area contributed by atoms with Crippen LogP contribution in [0.4, 0.5) is 5.69 Å². The Labute approximate surface area is 207 Å². The van der Waals surface area contributed by atoms with Crippen LogP contribution in [0.5, 0.6) is 11.6 Å². The van der Waals surface area contributed by atoms with Gasteiger partial charge in [-0.25, -0.2) is 4.98 Å². The van der Waals surface area contributed by atoms with Gasteiger partial charge in [-0.2, -0.15) is 0 Å². The molecule has 1 aliphatic rings. The number of rotatable bonds is 10. The minimum atomic E-state index is -0.189. The molecule has 35 heavy (non-hydrogen) atoms. The van der Waals surface area contributed by atoms with Gasteiger partial charge in [0, 0.05) is 30.9 Å². The van der Waals surface area contributed by atoms with Crippen molar-refractivity contribution in [2.24, 2.45) is 0 Å². The normalized spacial score (nSPS) is 16.2. The van der Waals surface area contributed by atoms with Crippen molar-refractivity contribution in [3.63, 3.8) is 0 Å². The lowest BCUT2D eigenvalue weighted by Gasteiger charge is -2.20. The predicted octanol–water partition coefficient (Wildman–Crippen LogP) is 5.76. The van der Waals surface area contributed by atoms with Crippen molar-refractivity contribution < 1.29 is 19.0 Å². The summed E-state index contributed by atoms with van der Waals surface area (Å²) >= 11 is 0. The molecule has 2 heterocycles. The van der Waals surface area contributed by atoms with Gasteiger partial charge in [-0.3, -0.25) is 4.79 Å². The molecule has 0 aliphatic carbocycles. The predicted molar refractivity (Wildman–Crippen MR) is 137 cm³/mol. The first kappa shape index (κ1) is 24.6. The first-order valence-electron chi connectivity index (χ1n) is 12.3. The molecule has 0 N–H and O–H groups in total. The van der Waals surface area contributed by atoms with Crippen LogP contribution in [-0.2, 0) is 16.1 Å². The van der Waals surface area contributed by atoms with Gasteiger partial charge in [0.15, 0.2) is 0 Å². The average Bonchev–Trinajstić information content (AvgIpc) is 3.32. The highest BCUT2D eigenvalue weighted by molar-refractivity contribution is 5.70. The van der Waals surface area contributed by atoms with Gasteiger partial charge in [0.05, 0.1) is 19.1 Å². The average molecular weight is 475 g/mol. The Hall–Kier alpha value is -3.54. The summed E-state index contributed by atoms with van der Waals surface area (Å²) in [5, 5.41) is 0. The van der Waals surface area contributed by atoms with E-state index in [-0.39, 0.29) is 24.1 Å². The van der Waals surface area contributed by atoms with Crippen LogP contribution in [0.3, 0.4) is 0 Å². The van der Waals surface area contributed by atoms with Gasteiger partial charge in [0.2, 0.25) is 5.88 Å². The molecule has 2 aromatic carbocycles. The van der Waals surface area contributed by atoms with E-state index in [1.807, 2.05) is 87.5 Å². The number of hydrogen-bond acceptors (Lipinski definition) is 6. The molecule has 6 nitrogen and oxygen atoms in total. The van der Waals surface area contributed by atoms with E-state index < -0.39 is 0 Å². The Kier molecular flexibility index (Phi) is 8.24. The van der Waals surface area contributed by atoms with E-state index >= 15 is 0 Å². The summed E-state index contributed by atoms with van der Waals surface area (Å²) in [5.74, 6) is 1.38. The van der Waals surface area contributed by atoms with Gasteiger partial charge in [-0.05, 0) is 49.1 Å². The van der Waals surface area contributed by atoms with Gasteiger partial charge in [-0.1, -0.05) is 49.4 Å². The van der Waals surface area contributed by atoms with E-state index in [1.54, 1.807) is 6.20 Å². The second-order valence-corrected chi connectivity index (χ2v) is 9.31. The summed E-state index contributed by atoms with van der Waals surface area (Å²) < 4.78 is 17.4. The lowest BCUT2D eigenvalue weighted by molar-refractivity contribution is -0.145. The summed E-state index contributed by atoms with van der Waals surface area (Å²) in [5.41, 5.74) is 3.19. The van der Waals surface area contributed by atoms with Crippen molar-refractivity contribution in [3.05, 3.63) is 84.1 Å². The fourth-order valence-corrected chi connectivity index (χ4v) is 4.19. The zero-order valence-corrected chi connectivity index (χ0v) is 20.7. The number of carbonyl (C=O) groups is 1. The third kappa shape index (κ3) is 7.22. The third-order valence-electron chi connectivity index (χ3n) is 6.05. The van der Waals surface area contributed by atoms with Gasteiger partial charge in [-0.15, -0.1) is 0 Å². The third-order valence-corrected chi connectivity index (χ3v) is 6.05. The van der Waals surface area contributed by atoms with Crippen molar-refractivity contribution >= 4 is 11.7 Å². The second kappa shape index (κ2) is 11.7. The lowest BCUT2D eigenvalue weighted by Crippen LogP contribution is -2.24. The zero-order valence-electron chi connectivity index (χ0n) is 20.7. The van der Waals surface area contributed by atoms with Crippen LogP contribution in [-0.4, -0.2) is 36.3 Å². The molecule has 0 unspecified atom stereocenters. The molecule has 1 saturated heterocycles. The van der Waals surface area contributed by atoms with E-state index in [4.69, 9.17) is 14.2 Å². The van der Waals surface area contributed by atoms with Crippen LogP contribution in [0.1, 0.15) is 50.7 Å². The lowest BCUT2D eigenvalue weighted by atomic mass is 9.98. The smallest absolute Gasteiger partial charge is 0.306 e. The highest BCUT2D eigenvalue weighted by Gasteiger charge is 2.25. The maximum Gasteiger partial charge on any atom is 0.306 e. The molecule has 0 radical (unpaired) electrons. The highest BCUT2D eigenvalue weighted by Crippen LogP contribution is 2.27. The molecule has 0 amide bonds. The number of hydrogen-bond donors (Lipinski definition) is 0. The summed E-state index contributed by atoms with van der Waals surface area (Å²) in [6.45, 7) is 8.09. The minimum absolute atomic E-state index is 0.0724. The summed E-state index contributed by atoms with van der Waals surface area (Å²) in [4.78, 5) is 18.9. The molecule has 1 fully saturated rings. The second-order valence-electron chi connectivity index (χ2n) is 9.31.